The second kappa shape index (κ2) is 3.39. The van der Waals surface area contributed by atoms with Gasteiger partial charge in [0.05, 0.1) is 0 Å². The minimum absolute atomic E-state index is 0.0787. The maximum absolute atomic E-state index is 10.2. The number of nitrogens with zero attached hydrogens (tertiary/aromatic N) is 4. The minimum atomic E-state index is -1.47. The van der Waals surface area contributed by atoms with E-state index >= 15 is 0 Å². The van der Waals surface area contributed by atoms with Gasteiger partial charge >= 0.3 is 6.04 Å². The molecule has 0 radical (unpaired) electrons. The number of hydrogen-bond acceptors (Lipinski definition) is 5. The lowest BCUT2D eigenvalue weighted by atomic mass is 10.3. The van der Waals surface area contributed by atoms with E-state index < -0.39 is 11.0 Å². The van der Waals surface area contributed by atoms with Gasteiger partial charge in [0.25, 0.3) is 0 Å². The molecular weight excluding hydrogens is 160 g/mol. The first-order valence-electron chi connectivity index (χ1n) is 3.05. The molecule has 1 heterocycles. The Morgan fingerprint density at radius 3 is 2.58 bits per heavy atom. The highest BCUT2D eigenvalue weighted by atomic mass is 16.6. The van der Waals surface area contributed by atoms with Gasteiger partial charge in [-0.25, -0.2) is 9.97 Å². The van der Waals surface area contributed by atoms with Gasteiger partial charge < -0.3 is 0 Å². The van der Waals surface area contributed by atoms with Gasteiger partial charge in [-0.1, -0.05) is 0 Å². The van der Waals surface area contributed by atoms with Gasteiger partial charge in [-0.2, -0.15) is 5.26 Å². The Labute approximate surface area is 67.6 Å². The number of aromatic nitrogens is 2. The molecule has 0 saturated heterocycles. The van der Waals surface area contributed by atoms with Crippen molar-refractivity contribution in [1.82, 2.24) is 9.97 Å². The first-order valence-corrected chi connectivity index (χ1v) is 3.05. The lowest BCUT2D eigenvalue weighted by molar-refractivity contribution is -0.514. The summed E-state index contributed by atoms with van der Waals surface area (Å²) in [5, 5.41) is 18.6. The van der Waals surface area contributed by atoms with E-state index in [0.29, 0.717) is 0 Å². The largest absolute Gasteiger partial charge is 0.355 e. The van der Waals surface area contributed by atoms with E-state index in [-0.39, 0.29) is 5.82 Å². The molecule has 0 aromatic carbocycles. The summed E-state index contributed by atoms with van der Waals surface area (Å²) in [4.78, 5) is 16.7. The van der Waals surface area contributed by atoms with Crippen LogP contribution in [-0.4, -0.2) is 14.9 Å². The molecule has 1 aromatic heterocycles. The summed E-state index contributed by atoms with van der Waals surface area (Å²) in [6.07, 6.45) is 2.71. The molecule has 12 heavy (non-hydrogen) atoms. The molecule has 0 amide bonds. The predicted molar refractivity (Wildman–Crippen MR) is 37.4 cm³/mol. The van der Waals surface area contributed by atoms with Gasteiger partial charge in [0.15, 0.2) is 6.07 Å². The van der Waals surface area contributed by atoms with Crippen LogP contribution in [0.3, 0.4) is 0 Å². The third kappa shape index (κ3) is 1.52. The van der Waals surface area contributed by atoms with Crippen molar-refractivity contribution >= 4 is 0 Å². The topological polar surface area (TPSA) is 92.7 Å². The first-order chi connectivity index (χ1) is 5.75. The summed E-state index contributed by atoms with van der Waals surface area (Å²) in [7, 11) is 0. The Kier molecular flexibility index (Phi) is 2.28. The van der Waals surface area contributed by atoms with Crippen LogP contribution in [0.2, 0.25) is 0 Å². The normalized spacial score (nSPS) is 11.6. The second-order valence-corrected chi connectivity index (χ2v) is 1.92. The third-order valence-corrected chi connectivity index (χ3v) is 1.16. The highest BCUT2D eigenvalue weighted by Crippen LogP contribution is 2.07. The monoisotopic (exact) mass is 164 g/mol. The Hall–Kier alpha value is -2.03. The van der Waals surface area contributed by atoms with Gasteiger partial charge in [0.1, 0.15) is 0 Å². The van der Waals surface area contributed by atoms with Crippen molar-refractivity contribution in [2.75, 3.05) is 0 Å². The number of hydrogen-bond donors (Lipinski definition) is 0. The Morgan fingerprint density at radius 2 is 2.17 bits per heavy atom. The van der Waals surface area contributed by atoms with E-state index in [0.717, 1.165) is 0 Å². The zero-order valence-electron chi connectivity index (χ0n) is 5.91. The molecule has 1 unspecified atom stereocenters. The molecule has 0 aliphatic rings. The number of nitro groups is 1. The molecule has 0 aliphatic carbocycles. The highest BCUT2D eigenvalue weighted by Gasteiger charge is 2.24. The van der Waals surface area contributed by atoms with Crippen molar-refractivity contribution in [2.24, 2.45) is 0 Å². The van der Waals surface area contributed by atoms with Crippen LogP contribution in [0.25, 0.3) is 0 Å². The average Bonchev–Trinajstić information content (AvgIpc) is 2.07. The van der Waals surface area contributed by atoms with Crippen molar-refractivity contribution in [3.63, 3.8) is 0 Å². The smallest absolute Gasteiger partial charge is 0.263 e. The maximum atomic E-state index is 10.2. The molecule has 6 heteroatoms. The number of rotatable bonds is 2. The fraction of sp³-hybridized carbons (Fsp3) is 0.167. The summed E-state index contributed by atoms with van der Waals surface area (Å²) < 4.78 is 0. The molecule has 0 saturated carbocycles. The van der Waals surface area contributed by atoms with Crippen molar-refractivity contribution < 1.29 is 4.92 Å². The standard InChI is InChI=1S/C6H4N4O2/c7-4-5(10(11)12)6-8-2-1-3-9-6/h1-3,5H. The molecular formula is C6H4N4O2. The predicted octanol–water partition coefficient (Wildman–Crippen LogP) is 0.318. The quantitative estimate of drug-likeness (QED) is 0.463. The number of nitriles is 1. The zero-order valence-corrected chi connectivity index (χ0v) is 5.91. The van der Waals surface area contributed by atoms with Gasteiger partial charge in [-0.15, -0.1) is 0 Å². The van der Waals surface area contributed by atoms with E-state index in [4.69, 9.17) is 5.26 Å². The summed E-state index contributed by atoms with van der Waals surface area (Å²) >= 11 is 0. The van der Waals surface area contributed by atoms with Gasteiger partial charge in [0, 0.05) is 17.3 Å². The van der Waals surface area contributed by atoms with Crippen LogP contribution in [0.5, 0.6) is 0 Å². The summed E-state index contributed by atoms with van der Waals surface area (Å²) in [5.41, 5.74) is 0. The van der Waals surface area contributed by atoms with Crippen LogP contribution >= 0.6 is 0 Å². The van der Waals surface area contributed by atoms with Crippen molar-refractivity contribution in [2.45, 2.75) is 6.04 Å². The van der Waals surface area contributed by atoms with E-state index in [9.17, 15) is 10.1 Å². The van der Waals surface area contributed by atoms with Crippen LogP contribution < -0.4 is 0 Å². The minimum Gasteiger partial charge on any atom is -0.263 e. The Morgan fingerprint density at radius 1 is 1.58 bits per heavy atom. The summed E-state index contributed by atoms with van der Waals surface area (Å²) in [6.45, 7) is 0. The highest BCUT2D eigenvalue weighted by molar-refractivity contribution is 5.01. The molecule has 6 nitrogen and oxygen atoms in total. The summed E-state index contributed by atoms with van der Waals surface area (Å²) in [6, 6.07) is 1.55. The second-order valence-electron chi connectivity index (χ2n) is 1.92. The van der Waals surface area contributed by atoms with E-state index in [1.807, 2.05) is 0 Å². The van der Waals surface area contributed by atoms with Gasteiger partial charge in [-0.05, 0) is 6.07 Å². The fourth-order valence-electron chi connectivity index (χ4n) is 0.651. The van der Waals surface area contributed by atoms with E-state index in [1.54, 1.807) is 0 Å². The first kappa shape index (κ1) is 8.07. The molecule has 0 bridgehead atoms. The molecule has 0 aliphatic heterocycles. The molecule has 0 fully saturated rings. The Bertz CT molecular complexity index is 318. The van der Waals surface area contributed by atoms with Crippen molar-refractivity contribution in [3.8, 4) is 6.07 Å². The molecule has 1 atom stereocenters. The van der Waals surface area contributed by atoms with Crippen molar-refractivity contribution in [3.05, 3.63) is 34.4 Å². The maximum Gasteiger partial charge on any atom is 0.355 e. The lowest BCUT2D eigenvalue weighted by Gasteiger charge is -1.96. The fourth-order valence-corrected chi connectivity index (χ4v) is 0.651. The third-order valence-electron chi connectivity index (χ3n) is 1.16. The van der Waals surface area contributed by atoms with Gasteiger partial charge in [-0.3, -0.25) is 10.1 Å². The van der Waals surface area contributed by atoms with E-state index in [2.05, 4.69) is 9.97 Å². The molecule has 1 rings (SSSR count). The van der Waals surface area contributed by atoms with Crippen LogP contribution in [0, 0.1) is 21.4 Å². The van der Waals surface area contributed by atoms with Crippen LogP contribution in [0.4, 0.5) is 0 Å². The van der Waals surface area contributed by atoms with E-state index in [1.165, 1.54) is 24.5 Å². The van der Waals surface area contributed by atoms with Crippen LogP contribution in [-0.2, 0) is 0 Å². The molecule has 0 N–H and O–H groups in total. The summed E-state index contributed by atoms with van der Waals surface area (Å²) in [5.74, 6) is -0.0787. The Balaban J connectivity index is 2.98. The zero-order chi connectivity index (χ0) is 8.97. The molecule has 1 aromatic rings. The van der Waals surface area contributed by atoms with Gasteiger partial charge in [0.2, 0.25) is 5.82 Å². The SMILES string of the molecule is N#CC(c1ncccn1)[N+](=O)[O-]. The molecule has 0 spiro atoms. The van der Waals surface area contributed by atoms with Crippen LogP contribution in [0.15, 0.2) is 18.5 Å². The van der Waals surface area contributed by atoms with Crippen molar-refractivity contribution in [1.29, 1.82) is 5.26 Å². The van der Waals surface area contributed by atoms with Crippen LogP contribution in [0.1, 0.15) is 11.9 Å². The average molecular weight is 164 g/mol. The molecule has 60 valence electrons. The lowest BCUT2D eigenvalue weighted by Crippen LogP contribution is -2.11.